The number of likely N-dealkylation sites (tertiary alicyclic amines) is 1. The zero-order valence-corrected chi connectivity index (χ0v) is 17.7. The fourth-order valence-corrected chi connectivity index (χ4v) is 4.49. The minimum atomic E-state index is -0.494. The van der Waals surface area contributed by atoms with Crippen LogP contribution in [0.1, 0.15) is 49.2 Å². The lowest BCUT2D eigenvalue weighted by Crippen LogP contribution is -2.44. The summed E-state index contributed by atoms with van der Waals surface area (Å²) < 4.78 is 5.79. The van der Waals surface area contributed by atoms with E-state index in [0.717, 1.165) is 33.3 Å². The summed E-state index contributed by atoms with van der Waals surface area (Å²) >= 11 is 1.49. The van der Waals surface area contributed by atoms with Gasteiger partial charge in [-0.1, -0.05) is 27.4 Å². The third kappa shape index (κ3) is 4.19. The highest BCUT2D eigenvalue weighted by Crippen LogP contribution is 2.38. The number of thiazole rings is 1. The third-order valence-corrected chi connectivity index (χ3v) is 6.10. The van der Waals surface area contributed by atoms with E-state index in [2.05, 4.69) is 32.3 Å². The Kier molecular flexibility index (Phi) is 5.48. The number of primary amides is 1. The number of carbonyl (C=O) groups is 2. The maximum absolute atomic E-state index is 12.7. The van der Waals surface area contributed by atoms with Crippen molar-refractivity contribution in [2.24, 2.45) is 11.1 Å². The first kappa shape index (κ1) is 20.3. The van der Waals surface area contributed by atoms with Crippen LogP contribution < -0.4 is 5.73 Å². The summed E-state index contributed by atoms with van der Waals surface area (Å²) in [5.41, 5.74) is 7.15. The van der Waals surface area contributed by atoms with Gasteiger partial charge in [-0.3, -0.25) is 9.59 Å². The first-order chi connectivity index (χ1) is 13.1. The molecule has 0 unspecified atom stereocenters. The summed E-state index contributed by atoms with van der Waals surface area (Å²) in [5.74, 6) is 0.904. The molecule has 6 nitrogen and oxygen atoms in total. The van der Waals surface area contributed by atoms with E-state index in [4.69, 9.17) is 10.5 Å². The summed E-state index contributed by atoms with van der Waals surface area (Å²) in [7, 11) is 0. The lowest BCUT2D eigenvalue weighted by atomic mass is 9.91. The number of nitrogens with two attached hydrogens (primary N) is 1. The highest BCUT2D eigenvalue weighted by molar-refractivity contribution is 7.13. The number of hydrogen-bond acceptors (Lipinski definition) is 5. The number of hydrogen-bond donors (Lipinski definition) is 1. The molecule has 3 rings (SSSR count). The number of carbonyl (C=O) groups excluding carboxylic acids is 2. The minimum Gasteiger partial charge on any atom is -0.462 e. The van der Waals surface area contributed by atoms with Crippen molar-refractivity contribution in [1.82, 2.24) is 9.88 Å². The zero-order valence-electron chi connectivity index (χ0n) is 16.9. The quantitative estimate of drug-likeness (QED) is 0.838. The molecule has 0 spiro atoms. The molecule has 1 aromatic rings. The van der Waals surface area contributed by atoms with Crippen molar-refractivity contribution in [3.63, 3.8) is 0 Å². The zero-order chi connectivity index (χ0) is 20.6. The molecule has 1 aromatic heterocycles. The van der Waals surface area contributed by atoms with Crippen LogP contribution in [0.5, 0.6) is 0 Å². The molecule has 2 aliphatic rings. The van der Waals surface area contributed by atoms with Crippen molar-refractivity contribution >= 4 is 28.7 Å². The summed E-state index contributed by atoms with van der Waals surface area (Å²) in [4.78, 5) is 31.4. The van der Waals surface area contributed by atoms with Crippen molar-refractivity contribution in [2.45, 2.75) is 53.0 Å². The minimum absolute atomic E-state index is 0.0992. The molecule has 150 valence electrons. The van der Waals surface area contributed by atoms with Gasteiger partial charge in [-0.2, -0.15) is 0 Å². The van der Waals surface area contributed by atoms with Crippen molar-refractivity contribution in [3.05, 3.63) is 45.8 Å². The van der Waals surface area contributed by atoms with Crippen LogP contribution in [0.2, 0.25) is 0 Å². The molecule has 0 aliphatic carbocycles. The Labute approximate surface area is 169 Å². The van der Waals surface area contributed by atoms with E-state index in [0.29, 0.717) is 18.7 Å². The van der Waals surface area contributed by atoms with Crippen LogP contribution in [-0.2, 0) is 20.7 Å². The van der Waals surface area contributed by atoms with E-state index >= 15 is 0 Å². The van der Waals surface area contributed by atoms with Gasteiger partial charge in [0.2, 0.25) is 11.8 Å². The predicted molar refractivity (Wildman–Crippen MR) is 110 cm³/mol. The Bertz CT molecular complexity index is 889. The van der Waals surface area contributed by atoms with Crippen LogP contribution in [-0.4, -0.2) is 34.3 Å². The maximum Gasteiger partial charge on any atom is 0.240 e. The monoisotopic (exact) mass is 401 g/mol. The number of aromatic nitrogens is 1. The Morgan fingerprint density at radius 2 is 2.11 bits per heavy atom. The van der Waals surface area contributed by atoms with E-state index in [1.807, 2.05) is 19.1 Å². The molecular weight excluding hydrogens is 374 g/mol. The van der Waals surface area contributed by atoms with Gasteiger partial charge in [0.25, 0.3) is 0 Å². The summed E-state index contributed by atoms with van der Waals surface area (Å²) in [5, 5.41) is 0.733. The second-order valence-corrected chi connectivity index (χ2v) is 9.36. The van der Waals surface area contributed by atoms with E-state index in [1.165, 1.54) is 11.3 Å². The maximum atomic E-state index is 12.7. The smallest absolute Gasteiger partial charge is 0.240 e. The van der Waals surface area contributed by atoms with E-state index in [-0.39, 0.29) is 17.7 Å². The van der Waals surface area contributed by atoms with Crippen LogP contribution in [0.4, 0.5) is 0 Å². The largest absolute Gasteiger partial charge is 0.462 e. The SMILES string of the molecule is C=C1C=C(c2sc(CC(=O)N3CCC[C@H]3C(N)=O)nc2C)C=C(C(C)(C)C)O1. The third-order valence-electron chi connectivity index (χ3n) is 4.89. The number of rotatable bonds is 4. The fourth-order valence-electron chi connectivity index (χ4n) is 3.44. The van der Waals surface area contributed by atoms with Gasteiger partial charge in [-0.15, -0.1) is 11.3 Å². The molecule has 1 fully saturated rings. The molecule has 0 aromatic carbocycles. The molecule has 3 heterocycles. The van der Waals surface area contributed by atoms with Crippen molar-refractivity contribution in [1.29, 1.82) is 0 Å². The van der Waals surface area contributed by atoms with Gasteiger partial charge in [0.1, 0.15) is 22.6 Å². The molecule has 7 heteroatoms. The van der Waals surface area contributed by atoms with Crippen molar-refractivity contribution < 1.29 is 14.3 Å². The highest BCUT2D eigenvalue weighted by atomic mass is 32.1. The van der Waals surface area contributed by atoms with Gasteiger partial charge in [0, 0.05) is 17.5 Å². The van der Waals surface area contributed by atoms with Crippen LogP contribution in [0.15, 0.2) is 30.2 Å². The second kappa shape index (κ2) is 7.54. The standard InChI is InChI=1S/C21H27N3O3S/c1-12-9-14(10-16(27-12)21(3,4)5)19-13(2)23-17(28-19)11-18(25)24-8-6-7-15(24)20(22)26/h9-10,15H,1,6-8,11H2,2-5H3,(H2,22,26)/t15-/m0/s1. The van der Waals surface area contributed by atoms with Crippen molar-refractivity contribution in [3.8, 4) is 0 Å². The van der Waals surface area contributed by atoms with Gasteiger partial charge in [-0.05, 0) is 31.9 Å². The van der Waals surface area contributed by atoms with Gasteiger partial charge in [-0.25, -0.2) is 4.98 Å². The average molecular weight is 402 g/mol. The Morgan fingerprint density at radius 3 is 2.75 bits per heavy atom. The fraction of sp³-hybridized carbons (Fsp3) is 0.476. The Morgan fingerprint density at radius 1 is 1.39 bits per heavy atom. The van der Waals surface area contributed by atoms with Crippen molar-refractivity contribution in [2.75, 3.05) is 6.54 Å². The van der Waals surface area contributed by atoms with E-state index in [1.54, 1.807) is 4.90 Å². The molecule has 0 bridgehead atoms. The molecule has 1 atom stereocenters. The predicted octanol–water partition coefficient (Wildman–Crippen LogP) is 3.33. The number of allylic oxidation sites excluding steroid dienone is 4. The summed E-state index contributed by atoms with van der Waals surface area (Å²) in [6, 6.07) is -0.494. The molecule has 2 aliphatic heterocycles. The lowest BCUT2D eigenvalue weighted by molar-refractivity contribution is -0.136. The van der Waals surface area contributed by atoms with E-state index < -0.39 is 11.9 Å². The summed E-state index contributed by atoms with van der Waals surface area (Å²) in [6.45, 7) is 12.7. The Hall–Kier alpha value is -2.41. The first-order valence-corrected chi connectivity index (χ1v) is 10.2. The van der Waals surface area contributed by atoms with Crippen LogP contribution in [0, 0.1) is 12.3 Å². The molecular formula is C21H27N3O3S. The van der Waals surface area contributed by atoms with Gasteiger partial charge >= 0.3 is 0 Å². The highest BCUT2D eigenvalue weighted by Gasteiger charge is 2.33. The number of aryl methyl sites for hydroxylation is 1. The molecule has 0 saturated carbocycles. The number of amides is 2. The molecule has 1 saturated heterocycles. The first-order valence-electron chi connectivity index (χ1n) is 9.42. The Balaban J connectivity index is 1.82. The number of ether oxygens (including phenoxy) is 1. The van der Waals surface area contributed by atoms with Gasteiger partial charge < -0.3 is 15.4 Å². The molecule has 0 radical (unpaired) electrons. The van der Waals surface area contributed by atoms with E-state index in [9.17, 15) is 9.59 Å². The second-order valence-electron chi connectivity index (χ2n) is 8.27. The number of nitrogens with zero attached hydrogens (tertiary/aromatic N) is 2. The molecule has 2 amide bonds. The average Bonchev–Trinajstić information content (AvgIpc) is 3.20. The molecule has 28 heavy (non-hydrogen) atoms. The normalized spacial score (nSPS) is 19.9. The molecule has 2 N–H and O–H groups in total. The van der Waals surface area contributed by atoms with Crippen LogP contribution >= 0.6 is 11.3 Å². The van der Waals surface area contributed by atoms with Crippen LogP contribution in [0.3, 0.4) is 0 Å². The van der Waals surface area contributed by atoms with Gasteiger partial charge in [0.05, 0.1) is 17.0 Å². The van der Waals surface area contributed by atoms with Gasteiger partial charge in [0.15, 0.2) is 0 Å². The summed E-state index contributed by atoms with van der Waals surface area (Å²) in [6.07, 6.45) is 5.53. The lowest BCUT2D eigenvalue weighted by Gasteiger charge is -2.26. The van der Waals surface area contributed by atoms with Crippen LogP contribution in [0.25, 0.3) is 5.57 Å². The topological polar surface area (TPSA) is 85.5 Å².